The number of piperidine rings is 1. The Morgan fingerprint density at radius 3 is 2.50 bits per heavy atom. The molecule has 4 heteroatoms. The number of hydrogen-bond acceptors (Lipinski definition) is 3. The average molecular weight is 252 g/mol. The second kappa shape index (κ2) is 5.17. The first-order valence-electron chi connectivity index (χ1n) is 7.32. The van der Waals surface area contributed by atoms with Crippen LogP contribution in [0.1, 0.15) is 38.5 Å². The SMILES string of the molecule is CN(C(=O)COCC1CC1)C1CC2CCC(C1)N2. The molecule has 2 aliphatic heterocycles. The lowest BCUT2D eigenvalue weighted by atomic mass is 9.98. The molecule has 3 aliphatic rings. The van der Waals surface area contributed by atoms with Gasteiger partial charge in [0.15, 0.2) is 0 Å². The van der Waals surface area contributed by atoms with E-state index in [4.69, 9.17) is 4.74 Å². The zero-order chi connectivity index (χ0) is 12.5. The fourth-order valence-electron chi connectivity index (χ4n) is 3.25. The number of carbonyl (C=O) groups is 1. The lowest BCUT2D eigenvalue weighted by Crippen LogP contribution is -2.49. The summed E-state index contributed by atoms with van der Waals surface area (Å²) in [5.74, 6) is 0.889. The Bertz CT molecular complexity index is 305. The first-order valence-corrected chi connectivity index (χ1v) is 7.32. The minimum absolute atomic E-state index is 0.155. The van der Waals surface area contributed by atoms with Gasteiger partial charge in [-0.15, -0.1) is 0 Å². The number of nitrogens with one attached hydrogen (secondary N) is 1. The highest BCUT2D eigenvalue weighted by Gasteiger charge is 2.36. The van der Waals surface area contributed by atoms with Crippen molar-refractivity contribution in [1.82, 2.24) is 10.2 Å². The fraction of sp³-hybridized carbons (Fsp3) is 0.929. The number of rotatable bonds is 5. The summed E-state index contributed by atoms with van der Waals surface area (Å²) in [7, 11) is 1.94. The summed E-state index contributed by atoms with van der Waals surface area (Å²) in [6, 6.07) is 1.69. The van der Waals surface area contributed by atoms with Crippen LogP contribution in [-0.2, 0) is 9.53 Å². The largest absolute Gasteiger partial charge is 0.371 e. The van der Waals surface area contributed by atoms with Crippen LogP contribution in [0.3, 0.4) is 0 Å². The fourth-order valence-corrected chi connectivity index (χ4v) is 3.25. The summed E-state index contributed by atoms with van der Waals surface area (Å²) in [5.41, 5.74) is 0. The smallest absolute Gasteiger partial charge is 0.248 e. The Balaban J connectivity index is 1.44. The predicted molar refractivity (Wildman–Crippen MR) is 69.3 cm³/mol. The predicted octanol–water partition coefficient (Wildman–Crippen LogP) is 1.15. The van der Waals surface area contributed by atoms with E-state index >= 15 is 0 Å². The molecule has 0 radical (unpaired) electrons. The Morgan fingerprint density at radius 1 is 1.22 bits per heavy atom. The molecule has 0 aromatic carbocycles. The number of fused-ring (bicyclic) bond motifs is 2. The van der Waals surface area contributed by atoms with Gasteiger partial charge < -0.3 is 15.0 Å². The molecule has 2 atom stereocenters. The van der Waals surface area contributed by atoms with E-state index in [0.29, 0.717) is 18.1 Å². The summed E-state index contributed by atoms with van der Waals surface area (Å²) in [5, 5.41) is 3.61. The minimum Gasteiger partial charge on any atom is -0.371 e. The van der Waals surface area contributed by atoms with Crippen molar-refractivity contribution in [1.29, 1.82) is 0 Å². The Kier molecular flexibility index (Phi) is 3.57. The number of likely N-dealkylation sites (N-methyl/N-ethyl adjacent to an activating group) is 1. The standard InChI is InChI=1S/C14H24N2O2/c1-16(14(17)9-18-8-10-2-3-10)13-6-11-4-5-12(7-13)15-11/h10-13,15H,2-9H2,1H3. The summed E-state index contributed by atoms with van der Waals surface area (Å²) in [4.78, 5) is 14.0. The zero-order valence-corrected chi connectivity index (χ0v) is 11.2. The summed E-state index contributed by atoms with van der Waals surface area (Å²) >= 11 is 0. The van der Waals surface area contributed by atoms with Crippen LogP contribution in [0.25, 0.3) is 0 Å². The second-order valence-electron chi connectivity index (χ2n) is 6.23. The third-order valence-corrected chi connectivity index (χ3v) is 4.67. The summed E-state index contributed by atoms with van der Waals surface area (Å²) in [6.07, 6.45) is 7.34. The molecule has 1 amide bonds. The van der Waals surface area contributed by atoms with Crippen LogP contribution in [0.5, 0.6) is 0 Å². The van der Waals surface area contributed by atoms with Crippen LogP contribution in [0, 0.1) is 5.92 Å². The Hall–Kier alpha value is -0.610. The third-order valence-electron chi connectivity index (χ3n) is 4.67. The molecule has 102 valence electrons. The number of nitrogens with zero attached hydrogens (tertiary/aromatic N) is 1. The molecular formula is C14H24N2O2. The molecular weight excluding hydrogens is 228 g/mol. The van der Waals surface area contributed by atoms with E-state index in [-0.39, 0.29) is 12.5 Å². The first kappa shape index (κ1) is 12.4. The summed E-state index contributed by atoms with van der Waals surface area (Å²) in [6.45, 7) is 1.04. The minimum atomic E-state index is 0.155. The van der Waals surface area contributed by atoms with Crippen LogP contribution in [0.4, 0.5) is 0 Å². The van der Waals surface area contributed by atoms with Gasteiger partial charge >= 0.3 is 0 Å². The normalized spacial score (nSPS) is 34.6. The highest BCUT2D eigenvalue weighted by molar-refractivity contribution is 5.77. The molecule has 4 nitrogen and oxygen atoms in total. The molecule has 1 saturated carbocycles. The molecule has 2 saturated heterocycles. The van der Waals surface area contributed by atoms with E-state index in [2.05, 4.69) is 5.32 Å². The highest BCUT2D eigenvalue weighted by atomic mass is 16.5. The lowest BCUT2D eigenvalue weighted by molar-refractivity contribution is -0.137. The quantitative estimate of drug-likeness (QED) is 0.798. The lowest BCUT2D eigenvalue weighted by Gasteiger charge is -2.35. The molecule has 1 aliphatic carbocycles. The molecule has 3 fully saturated rings. The van der Waals surface area contributed by atoms with Gasteiger partial charge in [0.1, 0.15) is 6.61 Å². The van der Waals surface area contributed by atoms with Gasteiger partial charge in [0.2, 0.25) is 5.91 Å². The van der Waals surface area contributed by atoms with Crippen LogP contribution in [-0.4, -0.2) is 49.2 Å². The topological polar surface area (TPSA) is 41.6 Å². The number of carbonyl (C=O) groups excluding carboxylic acids is 1. The van der Waals surface area contributed by atoms with Crippen molar-refractivity contribution in [3.63, 3.8) is 0 Å². The number of amides is 1. The Morgan fingerprint density at radius 2 is 1.89 bits per heavy atom. The van der Waals surface area contributed by atoms with E-state index < -0.39 is 0 Å². The maximum absolute atomic E-state index is 12.1. The van der Waals surface area contributed by atoms with E-state index in [0.717, 1.165) is 25.4 Å². The van der Waals surface area contributed by atoms with E-state index in [1.54, 1.807) is 0 Å². The molecule has 0 aromatic rings. The van der Waals surface area contributed by atoms with Crippen molar-refractivity contribution in [3.05, 3.63) is 0 Å². The zero-order valence-electron chi connectivity index (χ0n) is 11.2. The van der Waals surface area contributed by atoms with E-state index in [1.165, 1.54) is 25.7 Å². The molecule has 1 N–H and O–H groups in total. The second-order valence-corrected chi connectivity index (χ2v) is 6.23. The van der Waals surface area contributed by atoms with E-state index in [1.807, 2.05) is 11.9 Å². The van der Waals surface area contributed by atoms with Crippen LogP contribution in [0.2, 0.25) is 0 Å². The number of ether oxygens (including phenoxy) is 1. The van der Waals surface area contributed by atoms with Gasteiger partial charge in [-0.25, -0.2) is 0 Å². The van der Waals surface area contributed by atoms with Gasteiger partial charge in [-0.1, -0.05) is 0 Å². The monoisotopic (exact) mass is 252 g/mol. The van der Waals surface area contributed by atoms with Gasteiger partial charge in [0.25, 0.3) is 0 Å². The average Bonchev–Trinajstić information content (AvgIpc) is 3.13. The van der Waals surface area contributed by atoms with Gasteiger partial charge in [-0.2, -0.15) is 0 Å². The van der Waals surface area contributed by atoms with Crippen molar-refractivity contribution in [2.75, 3.05) is 20.3 Å². The molecule has 2 bridgehead atoms. The van der Waals surface area contributed by atoms with Crippen molar-refractivity contribution >= 4 is 5.91 Å². The third kappa shape index (κ3) is 2.86. The van der Waals surface area contributed by atoms with Crippen molar-refractivity contribution < 1.29 is 9.53 Å². The highest BCUT2D eigenvalue weighted by Crippen LogP contribution is 2.30. The van der Waals surface area contributed by atoms with Crippen LogP contribution < -0.4 is 5.32 Å². The van der Waals surface area contributed by atoms with Gasteiger partial charge in [0.05, 0.1) is 6.61 Å². The summed E-state index contributed by atoms with van der Waals surface area (Å²) < 4.78 is 5.49. The molecule has 0 spiro atoms. The molecule has 2 heterocycles. The first-order chi connectivity index (χ1) is 8.72. The van der Waals surface area contributed by atoms with Gasteiger partial charge in [-0.05, 0) is 44.4 Å². The van der Waals surface area contributed by atoms with Crippen LogP contribution >= 0.6 is 0 Å². The molecule has 2 unspecified atom stereocenters. The molecule has 0 aromatic heterocycles. The van der Waals surface area contributed by atoms with E-state index in [9.17, 15) is 4.79 Å². The van der Waals surface area contributed by atoms with Gasteiger partial charge in [0, 0.05) is 25.2 Å². The van der Waals surface area contributed by atoms with Crippen molar-refractivity contribution in [3.8, 4) is 0 Å². The van der Waals surface area contributed by atoms with Crippen molar-refractivity contribution in [2.45, 2.75) is 56.7 Å². The van der Waals surface area contributed by atoms with Gasteiger partial charge in [-0.3, -0.25) is 4.79 Å². The number of hydrogen-bond donors (Lipinski definition) is 1. The Labute approximate surface area is 109 Å². The maximum atomic E-state index is 12.1. The van der Waals surface area contributed by atoms with Crippen LogP contribution in [0.15, 0.2) is 0 Å². The molecule has 3 rings (SSSR count). The maximum Gasteiger partial charge on any atom is 0.248 e. The van der Waals surface area contributed by atoms with Crippen molar-refractivity contribution in [2.24, 2.45) is 5.92 Å². The molecule has 18 heavy (non-hydrogen) atoms.